The molecule has 14 nitrogen and oxygen atoms in total. The number of allylic oxidation sites excluding steroid dienone is 1. The molecule has 0 spiro atoms. The third-order valence-electron chi connectivity index (χ3n) is 11.9. The van der Waals surface area contributed by atoms with E-state index in [1.54, 1.807) is 39.0 Å². The number of alkyl carbamates (subject to hydrolysis) is 2. The number of aromatic nitrogens is 2. The lowest BCUT2D eigenvalue weighted by Gasteiger charge is -2.31. The molecule has 1 aromatic heterocycles. The summed E-state index contributed by atoms with van der Waals surface area (Å²) in [6, 6.07) is 23.8. The first-order valence-corrected chi connectivity index (χ1v) is 21.7. The molecule has 63 heavy (non-hydrogen) atoms. The fourth-order valence-corrected chi connectivity index (χ4v) is 8.76. The minimum atomic E-state index is -0.955. The van der Waals surface area contributed by atoms with Gasteiger partial charge in [-0.3, -0.25) is 14.6 Å². The number of imidazole rings is 1. The first kappa shape index (κ1) is 44.8. The minimum Gasteiger partial charge on any atom is -0.453 e. The van der Waals surface area contributed by atoms with Crippen molar-refractivity contribution in [1.82, 2.24) is 30.4 Å². The quantitative estimate of drug-likeness (QED) is 0.121. The molecular formula is C49H59N7O7. The van der Waals surface area contributed by atoms with Crippen LogP contribution in [0.4, 0.5) is 9.59 Å². The SMILES string of the molecule is COC[C@H]1C[C@@H](c2ncc(-c3ccc(-c4ccc(C5=CN=C([C@@H]6CCCN6C(=O)[C@@H](NC(=O)OC)C(C)C)C5)cc4)cc3)[nH]2)N(C(=O)[C@H](NC(=O)OC(C)(C)C)c2ccccc2)C1. The van der Waals surface area contributed by atoms with Crippen molar-refractivity contribution in [3.05, 3.63) is 108 Å². The lowest BCUT2D eigenvalue weighted by atomic mass is 9.95. The van der Waals surface area contributed by atoms with Crippen molar-refractivity contribution in [3.63, 3.8) is 0 Å². The third kappa shape index (κ3) is 10.5. The van der Waals surface area contributed by atoms with Crippen LogP contribution in [0.3, 0.4) is 0 Å². The summed E-state index contributed by atoms with van der Waals surface area (Å²) in [6.07, 6.45) is 5.44. The largest absolute Gasteiger partial charge is 0.453 e. The summed E-state index contributed by atoms with van der Waals surface area (Å²) in [5.74, 6) is 0.291. The van der Waals surface area contributed by atoms with Crippen molar-refractivity contribution in [1.29, 1.82) is 0 Å². The second-order valence-corrected chi connectivity index (χ2v) is 17.9. The number of hydrogen-bond acceptors (Lipinski definition) is 9. The molecule has 3 aliphatic heterocycles. The Morgan fingerprint density at radius 2 is 1.49 bits per heavy atom. The van der Waals surface area contributed by atoms with Gasteiger partial charge >= 0.3 is 12.2 Å². The molecule has 4 heterocycles. The van der Waals surface area contributed by atoms with Gasteiger partial charge in [0.15, 0.2) is 0 Å². The lowest BCUT2D eigenvalue weighted by Crippen LogP contribution is -2.53. The molecule has 2 fully saturated rings. The summed E-state index contributed by atoms with van der Waals surface area (Å²) >= 11 is 0. The van der Waals surface area contributed by atoms with Gasteiger partial charge < -0.3 is 39.6 Å². The van der Waals surface area contributed by atoms with Gasteiger partial charge in [-0.1, -0.05) is 92.7 Å². The number of aromatic amines is 1. The van der Waals surface area contributed by atoms with Crippen LogP contribution >= 0.6 is 0 Å². The number of benzene rings is 3. The monoisotopic (exact) mass is 857 g/mol. The van der Waals surface area contributed by atoms with Gasteiger partial charge in [-0.15, -0.1) is 0 Å². The Morgan fingerprint density at radius 1 is 0.825 bits per heavy atom. The number of rotatable bonds is 13. The smallest absolute Gasteiger partial charge is 0.408 e. The first-order chi connectivity index (χ1) is 30.2. The molecule has 3 aromatic carbocycles. The molecule has 0 bridgehead atoms. The zero-order chi connectivity index (χ0) is 44.8. The van der Waals surface area contributed by atoms with Crippen LogP contribution < -0.4 is 10.6 Å². The normalized spacial score (nSPS) is 19.7. The Morgan fingerprint density at radius 3 is 2.13 bits per heavy atom. The summed E-state index contributed by atoms with van der Waals surface area (Å²) in [7, 11) is 2.96. The predicted octanol–water partition coefficient (Wildman–Crippen LogP) is 8.10. The number of hydrogen-bond donors (Lipinski definition) is 3. The van der Waals surface area contributed by atoms with Crippen LogP contribution in [0.1, 0.15) is 89.3 Å². The average Bonchev–Trinajstić information content (AvgIpc) is 4.11. The van der Waals surface area contributed by atoms with E-state index in [0.29, 0.717) is 43.9 Å². The number of likely N-dealkylation sites (tertiary alicyclic amines) is 2. The number of nitrogens with zero attached hydrogens (tertiary/aromatic N) is 4. The minimum absolute atomic E-state index is 0.0786. The van der Waals surface area contributed by atoms with E-state index in [2.05, 4.69) is 64.1 Å². The number of ether oxygens (including phenoxy) is 3. The highest BCUT2D eigenvalue weighted by Gasteiger charge is 2.42. The molecule has 14 heteroatoms. The maximum absolute atomic E-state index is 14.4. The summed E-state index contributed by atoms with van der Waals surface area (Å²) in [5.41, 5.74) is 6.97. The van der Waals surface area contributed by atoms with Crippen molar-refractivity contribution in [2.24, 2.45) is 16.8 Å². The summed E-state index contributed by atoms with van der Waals surface area (Å²) in [6.45, 7) is 10.7. The molecule has 0 radical (unpaired) electrons. The van der Waals surface area contributed by atoms with Crippen molar-refractivity contribution in [2.75, 3.05) is 33.9 Å². The van der Waals surface area contributed by atoms with E-state index in [1.807, 2.05) is 55.3 Å². The Hall–Kier alpha value is -6.28. The number of H-pyrrole nitrogens is 1. The summed E-state index contributed by atoms with van der Waals surface area (Å²) in [5, 5.41) is 5.55. The van der Waals surface area contributed by atoms with Crippen molar-refractivity contribution in [2.45, 2.75) is 90.1 Å². The van der Waals surface area contributed by atoms with Crippen LogP contribution in [-0.2, 0) is 23.8 Å². The molecular weight excluding hydrogens is 799 g/mol. The van der Waals surface area contributed by atoms with E-state index in [-0.39, 0.29) is 35.7 Å². The second kappa shape index (κ2) is 19.4. The standard InChI is InChI=1S/C49H59N7O7/c1-30(2)42(53-47(59)62-7)45(57)55-23-11-14-40(55)38-25-37(26-50-38)34-17-15-32(16-18-34)33-19-21-35(22-20-33)39-27-51-44(52-39)41-24-31(29-61-6)28-56(41)46(58)43(36-12-9-8-10-13-36)54-48(60)63-49(3,4)5/h8-10,12-13,15-22,26-27,30-31,40-43H,11,14,23-25,28-29H2,1-7H3,(H,51,52)(H,53,59)(H,54,60)/t31-,40-,41-,42-,43+/m0/s1. The average molecular weight is 858 g/mol. The topological polar surface area (TPSA) is 168 Å². The molecule has 4 amide bonds. The van der Waals surface area contributed by atoms with Gasteiger partial charge in [0.1, 0.15) is 23.5 Å². The second-order valence-electron chi connectivity index (χ2n) is 17.9. The van der Waals surface area contributed by atoms with Gasteiger partial charge in [-0.25, -0.2) is 14.6 Å². The molecule has 0 aliphatic carbocycles. The number of methoxy groups -OCH3 is 2. The maximum atomic E-state index is 14.4. The molecule has 2 saturated heterocycles. The zero-order valence-corrected chi connectivity index (χ0v) is 37.2. The van der Waals surface area contributed by atoms with Crippen molar-refractivity contribution >= 4 is 35.3 Å². The Kier molecular flexibility index (Phi) is 13.8. The van der Waals surface area contributed by atoms with Gasteiger partial charge in [0, 0.05) is 44.4 Å². The number of aliphatic imine (C=N–C) groups is 1. The van der Waals surface area contributed by atoms with E-state index in [4.69, 9.17) is 24.2 Å². The van der Waals surface area contributed by atoms with Gasteiger partial charge in [-0.05, 0) is 79.3 Å². The van der Waals surface area contributed by atoms with Crippen molar-refractivity contribution in [3.8, 4) is 22.4 Å². The third-order valence-corrected chi connectivity index (χ3v) is 11.9. The van der Waals surface area contributed by atoms with E-state index in [9.17, 15) is 19.2 Å². The molecule has 3 aliphatic rings. The maximum Gasteiger partial charge on any atom is 0.408 e. The molecule has 5 atom stereocenters. The Bertz CT molecular complexity index is 2320. The highest BCUT2D eigenvalue weighted by atomic mass is 16.6. The summed E-state index contributed by atoms with van der Waals surface area (Å²) < 4.78 is 15.9. The van der Waals surface area contributed by atoms with Crippen LogP contribution in [0.5, 0.6) is 0 Å². The highest BCUT2D eigenvalue weighted by molar-refractivity contribution is 6.04. The lowest BCUT2D eigenvalue weighted by molar-refractivity contribution is -0.135. The van der Waals surface area contributed by atoms with Gasteiger partial charge in [0.2, 0.25) is 5.91 Å². The van der Waals surface area contributed by atoms with E-state index < -0.39 is 29.9 Å². The zero-order valence-electron chi connectivity index (χ0n) is 37.2. The van der Waals surface area contributed by atoms with Crippen LogP contribution in [0.2, 0.25) is 0 Å². The predicted molar refractivity (Wildman–Crippen MR) is 241 cm³/mol. The molecule has 3 N–H and O–H groups in total. The van der Waals surface area contributed by atoms with Gasteiger partial charge in [-0.2, -0.15) is 0 Å². The molecule has 332 valence electrons. The van der Waals surface area contributed by atoms with E-state index in [0.717, 1.165) is 52.1 Å². The molecule has 0 unspecified atom stereocenters. The fraction of sp³-hybridized carbons (Fsp3) is 0.429. The molecule has 7 rings (SSSR count). The first-order valence-electron chi connectivity index (χ1n) is 21.7. The van der Waals surface area contributed by atoms with Crippen LogP contribution in [-0.4, -0.2) is 101 Å². The fourth-order valence-electron chi connectivity index (χ4n) is 8.76. The number of carbonyl (C=O) groups excluding carboxylic acids is 4. The Labute approximate surface area is 369 Å². The van der Waals surface area contributed by atoms with E-state index in [1.165, 1.54) is 7.11 Å². The van der Waals surface area contributed by atoms with Crippen LogP contribution in [0.15, 0.2) is 96.3 Å². The number of amides is 4. The molecule has 4 aromatic rings. The van der Waals surface area contributed by atoms with Crippen LogP contribution in [0.25, 0.3) is 28.0 Å². The van der Waals surface area contributed by atoms with Crippen molar-refractivity contribution < 1.29 is 33.4 Å². The van der Waals surface area contributed by atoms with E-state index >= 15 is 0 Å². The number of nitrogens with one attached hydrogen (secondary N) is 3. The Balaban J connectivity index is 1.01. The molecule has 0 saturated carbocycles. The summed E-state index contributed by atoms with van der Waals surface area (Å²) in [4.78, 5) is 69.8. The highest BCUT2D eigenvalue weighted by Crippen LogP contribution is 2.38. The van der Waals surface area contributed by atoms with Crippen LogP contribution in [0, 0.1) is 11.8 Å². The van der Waals surface area contributed by atoms with Gasteiger partial charge in [0.05, 0.1) is 37.7 Å². The van der Waals surface area contributed by atoms with Gasteiger partial charge in [0.25, 0.3) is 5.91 Å². The number of carbonyl (C=O) groups is 4.